The van der Waals surface area contributed by atoms with Gasteiger partial charge in [-0.3, -0.25) is 9.69 Å². The summed E-state index contributed by atoms with van der Waals surface area (Å²) in [6, 6.07) is 0. The third-order valence-electron chi connectivity index (χ3n) is 6.71. The Bertz CT molecular complexity index is 408. The Morgan fingerprint density at radius 2 is 2.00 bits per heavy atom. The second-order valence-corrected chi connectivity index (χ2v) is 7.43. The van der Waals surface area contributed by atoms with E-state index in [1.54, 1.807) is 0 Å². The van der Waals surface area contributed by atoms with E-state index in [-0.39, 0.29) is 23.5 Å². The zero-order valence-corrected chi connectivity index (χ0v) is 11.8. The molecule has 3 nitrogen and oxygen atoms in total. The standard InChI is InChI=1S/C16H25NO2/c1-10-9-16-12-4-2-6-17(16)7-3-5-13(16)14(18)8-11(12)15(10)19/h10-13,15,19H,2-9H2,1H3/t10-,11-,12+,13+,15+,16-/m0/s1. The number of piperidine rings is 2. The van der Waals surface area contributed by atoms with E-state index >= 15 is 0 Å². The van der Waals surface area contributed by atoms with Crippen molar-refractivity contribution < 1.29 is 9.90 Å². The molecule has 2 heterocycles. The van der Waals surface area contributed by atoms with Crippen molar-refractivity contribution in [2.45, 2.75) is 57.1 Å². The number of ketones is 1. The molecular formula is C16H25NO2. The summed E-state index contributed by atoms with van der Waals surface area (Å²) in [5, 5.41) is 10.5. The van der Waals surface area contributed by atoms with Crippen LogP contribution in [0.1, 0.15) is 45.4 Å². The Labute approximate surface area is 115 Å². The van der Waals surface area contributed by atoms with Crippen LogP contribution >= 0.6 is 0 Å². The van der Waals surface area contributed by atoms with E-state index in [2.05, 4.69) is 11.8 Å². The van der Waals surface area contributed by atoms with Gasteiger partial charge >= 0.3 is 0 Å². The number of nitrogens with zero attached hydrogens (tertiary/aromatic N) is 1. The Balaban J connectivity index is 1.83. The van der Waals surface area contributed by atoms with Crippen LogP contribution in [0.25, 0.3) is 0 Å². The van der Waals surface area contributed by atoms with Crippen molar-refractivity contribution in [3.05, 3.63) is 0 Å². The summed E-state index contributed by atoms with van der Waals surface area (Å²) >= 11 is 0. The second-order valence-electron chi connectivity index (χ2n) is 7.43. The van der Waals surface area contributed by atoms with E-state index < -0.39 is 0 Å². The summed E-state index contributed by atoms with van der Waals surface area (Å²) < 4.78 is 0. The highest BCUT2D eigenvalue weighted by atomic mass is 16.3. The molecule has 0 amide bonds. The number of rotatable bonds is 0. The summed E-state index contributed by atoms with van der Waals surface area (Å²) in [5.41, 5.74) is 0.134. The average Bonchev–Trinajstić information content (AvgIpc) is 2.40. The van der Waals surface area contributed by atoms with E-state index in [0.29, 0.717) is 24.0 Å². The minimum atomic E-state index is -0.248. The molecule has 0 unspecified atom stereocenters. The third kappa shape index (κ3) is 1.43. The molecule has 2 bridgehead atoms. The molecule has 2 saturated heterocycles. The Hall–Kier alpha value is -0.410. The van der Waals surface area contributed by atoms with Gasteiger partial charge in [0.1, 0.15) is 5.78 Å². The largest absolute Gasteiger partial charge is 0.393 e. The molecule has 0 radical (unpaired) electrons. The van der Waals surface area contributed by atoms with Crippen LogP contribution in [0, 0.1) is 23.7 Å². The molecule has 19 heavy (non-hydrogen) atoms. The minimum absolute atomic E-state index is 0.134. The molecule has 6 atom stereocenters. The molecule has 3 heteroatoms. The van der Waals surface area contributed by atoms with Gasteiger partial charge in [-0.1, -0.05) is 6.92 Å². The molecule has 1 spiro atoms. The smallest absolute Gasteiger partial charge is 0.138 e. The average molecular weight is 263 g/mol. The van der Waals surface area contributed by atoms with Gasteiger partial charge < -0.3 is 5.11 Å². The number of hydrogen-bond donors (Lipinski definition) is 1. The summed E-state index contributed by atoms with van der Waals surface area (Å²) in [7, 11) is 0. The van der Waals surface area contributed by atoms with Crippen LogP contribution in [0.4, 0.5) is 0 Å². The molecule has 0 aromatic heterocycles. The number of hydrogen-bond acceptors (Lipinski definition) is 3. The van der Waals surface area contributed by atoms with Crippen LogP contribution in [0.5, 0.6) is 0 Å². The number of aliphatic hydroxyl groups is 1. The van der Waals surface area contributed by atoms with Crippen LogP contribution in [0.15, 0.2) is 0 Å². The van der Waals surface area contributed by atoms with Crippen molar-refractivity contribution in [3.63, 3.8) is 0 Å². The van der Waals surface area contributed by atoms with Gasteiger partial charge in [-0.05, 0) is 62.9 Å². The Morgan fingerprint density at radius 3 is 2.79 bits per heavy atom. The molecule has 2 saturated carbocycles. The molecule has 1 N–H and O–H groups in total. The van der Waals surface area contributed by atoms with Gasteiger partial charge in [0.25, 0.3) is 0 Å². The molecule has 106 valence electrons. The summed E-state index contributed by atoms with van der Waals surface area (Å²) in [6.45, 7) is 4.54. The lowest BCUT2D eigenvalue weighted by Crippen LogP contribution is -2.73. The van der Waals surface area contributed by atoms with Crippen molar-refractivity contribution in [3.8, 4) is 0 Å². The number of carbonyl (C=O) groups is 1. The third-order valence-corrected chi connectivity index (χ3v) is 6.71. The van der Waals surface area contributed by atoms with E-state index in [0.717, 1.165) is 12.8 Å². The quantitative estimate of drug-likeness (QED) is 0.725. The van der Waals surface area contributed by atoms with Crippen molar-refractivity contribution in [2.24, 2.45) is 23.7 Å². The van der Waals surface area contributed by atoms with Crippen LogP contribution in [0.2, 0.25) is 0 Å². The first kappa shape index (κ1) is 12.3. The highest BCUT2D eigenvalue weighted by molar-refractivity contribution is 5.84. The Morgan fingerprint density at radius 1 is 1.26 bits per heavy atom. The number of aliphatic hydroxyl groups excluding tert-OH is 1. The molecule has 4 fully saturated rings. The summed E-state index contributed by atoms with van der Waals surface area (Å²) in [5.74, 6) is 1.91. The lowest BCUT2D eigenvalue weighted by Gasteiger charge is -2.66. The zero-order chi connectivity index (χ0) is 13.2. The minimum Gasteiger partial charge on any atom is -0.393 e. The summed E-state index contributed by atoms with van der Waals surface area (Å²) in [6.07, 6.45) is 6.22. The van der Waals surface area contributed by atoms with Crippen molar-refractivity contribution in [1.29, 1.82) is 0 Å². The van der Waals surface area contributed by atoms with Crippen LogP contribution in [-0.4, -0.2) is 40.5 Å². The molecule has 4 rings (SSSR count). The maximum absolute atomic E-state index is 12.6. The molecule has 4 aliphatic rings. The summed E-state index contributed by atoms with van der Waals surface area (Å²) in [4.78, 5) is 15.2. The Kier molecular flexibility index (Phi) is 2.63. The SMILES string of the molecule is C[C@H]1C[C@]23[C@@H]4CCCN2CCC[C@@H]3[C@H](CC4=O)[C@@H]1O. The fourth-order valence-electron chi connectivity index (χ4n) is 6.11. The lowest BCUT2D eigenvalue weighted by molar-refractivity contribution is -0.194. The predicted molar refractivity (Wildman–Crippen MR) is 72.7 cm³/mol. The van der Waals surface area contributed by atoms with Gasteiger partial charge in [-0.2, -0.15) is 0 Å². The highest BCUT2D eigenvalue weighted by Crippen LogP contribution is 2.59. The van der Waals surface area contributed by atoms with Gasteiger partial charge in [-0.15, -0.1) is 0 Å². The topological polar surface area (TPSA) is 40.5 Å². The number of Topliss-reactive ketones (excluding diaryl/α,β-unsaturated/α-hetero) is 1. The second kappa shape index (κ2) is 4.05. The van der Waals surface area contributed by atoms with E-state index in [4.69, 9.17) is 0 Å². The van der Waals surface area contributed by atoms with Gasteiger partial charge in [0, 0.05) is 17.9 Å². The van der Waals surface area contributed by atoms with Gasteiger partial charge in [-0.25, -0.2) is 0 Å². The normalized spacial score (nSPS) is 53.8. The maximum atomic E-state index is 12.6. The van der Waals surface area contributed by atoms with Crippen LogP contribution < -0.4 is 0 Å². The van der Waals surface area contributed by atoms with E-state index in [1.807, 2.05) is 0 Å². The fraction of sp³-hybridized carbons (Fsp3) is 0.938. The maximum Gasteiger partial charge on any atom is 0.138 e. The van der Waals surface area contributed by atoms with Gasteiger partial charge in [0.15, 0.2) is 0 Å². The van der Waals surface area contributed by atoms with Crippen molar-refractivity contribution >= 4 is 5.78 Å². The molecule has 0 aromatic rings. The molecule has 2 aliphatic carbocycles. The molecular weight excluding hydrogens is 238 g/mol. The monoisotopic (exact) mass is 263 g/mol. The number of carbonyl (C=O) groups excluding carboxylic acids is 1. The lowest BCUT2D eigenvalue weighted by atomic mass is 9.48. The van der Waals surface area contributed by atoms with Crippen LogP contribution in [-0.2, 0) is 4.79 Å². The molecule has 0 aromatic carbocycles. The van der Waals surface area contributed by atoms with Crippen molar-refractivity contribution in [1.82, 2.24) is 4.90 Å². The molecule has 2 aliphatic heterocycles. The van der Waals surface area contributed by atoms with Crippen LogP contribution in [0.3, 0.4) is 0 Å². The first-order valence-electron chi connectivity index (χ1n) is 8.10. The van der Waals surface area contributed by atoms with E-state index in [9.17, 15) is 9.90 Å². The van der Waals surface area contributed by atoms with Crippen molar-refractivity contribution in [2.75, 3.05) is 13.1 Å². The first-order valence-corrected chi connectivity index (χ1v) is 8.10. The zero-order valence-electron chi connectivity index (χ0n) is 11.8. The highest BCUT2D eigenvalue weighted by Gasteiger charge is 2.64. The predicted octanol–water partition coefficient (Wildman–Crippen LogP) is 1.84. The van der Waals surface area contributed by atoms with Gasteiger partial charge in [0.05, 0.1) is 6.10 Å². The van der Waals surface area contributed by atoms with E-state index in [1.165, 1.54) is 32.4 Å². The van der Waals surface area contributed by atoms with Gasteiger partial charge in [0.2, 0.25) is 0 Å². The first-order chi connectivity index (χ1) is 9.14. The fourth-order valence-corrected chi connectivity index (χ4v) is 6.11.